The molecular formula is C16H29N. The molecule has 2 rings (SSSR count). The van der Waals surface area contributed by atoms with E-state index in [2.05, 4.69) is 27.7 Å². The highest BCUT2D eigenvalue weighted by atomic mass is 14.8. The van der Waals surface area contributed by atoms with Gasteiger partial charge in [-0.15, -0.1) is 0 Å². The van der Waals surface area contributed by atoms with Crippen LogP contribution < -0.4 is 0 Å². The number of aliphatic imine (C=N–C) groups is 1. The monoisotopic (exact) mass is 235 g/mol. The largest absolute Gasteiger partial charge is 0.291 e. The van der Waals surface area contributed by atoms with Crippen molar-refractivity contribution in [3.63, 3.8) is 0 Å². The van der Waals surface area contributed by atoms with E-state index < -0.39 is 0 Å². The molecule has 1 nitrogen and oxygen atoms in total. The van der Waals surface area contributed by atoms with Gasteiger partial charge in [-0.2, -0.15) is 0 Å². The van der Waals surface area contributed by atoms with Crippen molar-refractivity contribution < 1.29 is 0 Å². The third kappa shape index (κ3) is 3.56. The molecule has 0 aliphatic heterocycles. The van der Waals surface area contributed by atoms with E-state index in [1.165, 1.54) is 50.7 Å². The molecule has 0 amide bonds. The normalized spacial score (nSPS) is 40.5. The van der Waals surface area contributed by atoms with Crippen molar-refractivity contribution in [3.8, 4) is 0 Å². The van der Waals surface area contributed by atoms with Gasteiger partial charge in [0.25, 0.3) is 0 Å². The molecule has 98 valence electrons. The molecule has 0 saturated heterocycles. The lowest BCUT2D eigenvalue weighted by Gasteiger charge is -2.38. The highest BCUT2D eigenvalue weighted by molar-refractivity contribution is 5.87. The average Bonchev–Trinajstić information content (AvgIpc) is 2.18. The van der Waals surface area contributed by atoms with E-state index >= 15 is 0 Å². The van der Waals surface area contributed by atoms with Gasteiger partial charge in [-0.3, -0.25) is 4.99 Å². The highest BCUT2D eigenvalue weighted by Gasteiger charge is 2.32. The lowest BCUT2D eigenvalue weighted by atomic mass is 9.70. The Bertz CT molecular complexity index is 290. The van der Waals surface area contributed by atoms with Crippen LogP contribution >= 0.6 is 0 Å². The van der Waals surface area contributed by atoms with E-state index in [1.54, 1.807) is 0 Å². The third-order valence-corrected chi connectivity index (χ3v) is 4.60. The fourth-order valence-electron chi connectivity index (χ4n) is 3.99. The van der Waals surface area contributed by atoms with Crippen molar-refractivity contribution in [1.82, 2.24) is 0 Å². The van der Waals surface area contributed by atoms with Gasteiger partial charge in [-0.05, 0) is 55.8 Å². The van der Waals surface area contributed by atoms with Crippen molar-refractivity contribution in [3.05, 3.63) is 0 Å². The SMILES string of the molecule is CC1CC(N=C2CCCCC2C)CC(C)(C)C1. The van der Waals surface area contributed by atoms with E-state index in [0.29, 0.717) is 11.5 Å². The van der Waals surface area contributed by atoms with Gasteiger partial charge >= 0.3 is 0 Å². The molecule has 2 aliphatic rings. The van der Waals surface area contributed by atoms with Gasteiger partial charge < -0.3 is 0 Å². The summed E-state index contributed by atoms with van der Waals surface area (Å²) in [7, 11) is 0. The second kappa shape index (κ2) is 5.12. The minimum atomic E-state index is 0.504. The Labute approximate surface area is 107 Å². The minimum absolute atomic E-state index is 0.504. The van der Waals surface area contributed by atoms with E-state index in [1.807, 2.05) is 0 Å². The minimum Gasteiger partial charge on any atom is -0.291 e. The van der Waals surface area contributed by atoms with Gasteiger partial charge in [0.05, 0.1) is 6.04 Å². The van der Waals surface area contributed by atoms with Gasteiger partial charge in [0.2, 0.25) is 0 Å². The number of rotatable bonds is 1. The fourth-order valence-corrected chi connectivity index (χ4v) is 3.99. The summed E-state index contributed by atoms with van der Waals surface area (Å²) in [5, 5.41) is 0. The first kappa shape index (κ1) is 13.1. The maximum absolute atomic E-state index is 5.14. The molecule has 0 bridgehead atoms. The van der Waals surface area contributed by atoms with Crippen LogP contribution in [0.2, 0.25) is 0 Å². The van der Waals surface area contributed by atoms with Crippen LogP contribution in [0.4, 0.5) is 0 Å². The molecular weight excluding hydrogens is 206 g/mol. The smallest absolute Gasteiger partial charge is 0.0506 e. The summed E-state index contributed by atoms with van der Waals surface area (Å²) in [5.41, 5.74) is 2.04. The molecule has 17 heavy (non-hydrogen) atoms. The summed E-state index contributed by atoms with van der Waals surface area (Å²) in [6.45, 7) is 9.61. The fraction of sp³-hybridized carbons (Fsp3) is 0.938. The Morgan fingerprint density at radius 1 is 1.12 bits per heavy atom. The van der Waals surface area contributed by atoms with E-state index in [9.17, 15) is 0 Å². The van der Waals surface area contributed by atoms with Crippen LogP contribution in [0.5, 0.6) is 0 Å². The Kier molecular flexibility index (Phi) is 3.95. The number of hydrogen-bond donors (Lipinski definition) is 0. The Hall–Kier alpha value is -0.330. The first-order valence-electron chi connectivity index (χ1n) is 7.53. The van der Waals surface area contributed by atoms with Crippen LogP contribution in [0.25, 0.3) is 0 Å². The van der Waals surface area contributed by atoms with Gasteiger partial charge in [0.1, 0.15) is 0 Å². The van der Waals surface area contributed by atoms with Gasteiger partial charge in [-0.1, -0.05) is 34.1 Å². The van der Waals surface area contributed by atoms with Crippen molar-refractivity contribution in [2.24, 2.45) is 22.2 Å². The second-order valence-corrected chi connectivity index (χ2v) is 7.33. The molecule has 0 N–H and O–H groups in total. The van der Waals surface area contributed by atoms with E-state index in [4.69, 9.17) is 4.99 Å². The molecule has 2 saturated carbocycles. The quantitative estimate of drug-likeness (QED) is 0.616. The zero-order valence-electron chi connectivity index (χ0n) is 12.1. The van der Waals surface area contributed by atoms with Crippen LogP contribution in [0.15, 0.2) is 4.99 Å². The summed E-state index contributed by atoms with van der Waals surface area (Å²) >= 11 is 0. The standard InChI is InChI=1S/C16H29N/c1-12-9-14(11-16(3,4)10-12)17-15-8-6-5-7-13(15)2/h12-14H,5-11H2,1-4H3. The predicted molar refractivity (Wildman–Crippen MR) is 75.7 cm³/mol. The zero-order valence-corrected chi connectivity index (χ0v) is 12.1. The Morgan fingerprint density at radius 3 is 2.53 bits per heavy atom. The third-order valence-electron chi connectivity index (χ3n) is 4.60. The molecule has 0 aromatic heterocycles. The Balaban J connectivity index is 2.04. The molecule has 3 atom stereocenters. The molecule has 1 heteroatoms. The summed E-state index contributed by atoms with van der Waals surface area (Å²) in [6, 6.07) is 0.615. The molecule has 0 heterocycles. The van der Waals surface area contributed by atoms with Crippen molar-refractivity contribution in [1.29, 1.82) is 0 Å². The van der Waals surface area contributed by atoms with E-state index in [0.717, 1.165) is 11.8 Å². The molecule has 2 aliphatic carbocycles. The van der Waals surface area contributed by atoms with Crippen LogP contribution in [-0.2, 0) is 0 Å². The zero-order chi connectivity index (χ0) is 12.5. The van der Waals surface area contributed by atoms with Crippen molar-refractivity contribution in [2.45, 2.75) is 78.7 Å². The topological polar surface area (TPSA) is 12.4 Å². The summed E-state index contributed by atoms with van der Waals surface area (Å²) in [5.74, 6) is 1.61. The van der Waals surface area contributed by atoms with E-state index in [-0.39, 0.29) is 0 Å². The summed E-state index contributed by atoms with van der Waals surface area (Å²) in [6.07, 6.45) is 9.41. The van der Waals surface area contributed by atoms with Gasteiger partial charge in [-0.25, -0.2) is 0 Å². The maximum atomic E-state index is 5.14. The maximum Gasteiger partial charge on any atom is 0.0506 e. The van der Waals surface area contributed by atoms with Crippen LogP contribution in [0.3, 0.4) is 0 Å². The molecule has 0 radical (unpaired) electrons. The molecule has 0 aromatic rings. The highest BCUT2D eigenvalue weighted by Crippen LogP contribution is 2.40. The van der Waals surface area contributed by atoms with Crippen molar-refractivity contribution in [2.75, 3.05) is 0 Å². The van der Waals surface area contributed by atoms with Crippen LogP contribution in [0.1, 0.15) is 72.6 Å². The van der Waals surface area contributed by atoms with Crippen molar-refractivity contribution >= 4 is 5.71 Å². The Morgan fingerprint density at radius 2 is 1.88 bits per heavy atom. The number of hydrogen-bond acceptors (Lipinski definition) is 1. The number of nitrogens with zero attached hydrogens (tertiary/aromatic N) is 1. The van der Waals surface area contributed by atoms with Crippen LogP contribution in [-0.4, -0.2) is 11.8 Å². The van der Waals surface area contributed by atoms with Gasteiger partial charge in [0, 0.05) is 5.71 Å². The first-order chi connectivity index (χ1) is 7.96. The molecule has 2 fully saturated rings. The second-order valence-electron chi connectivity index (χ2n) is 7.33. The lowest BCUT2D eigenvalue weighted by Crippen LogP contribution is -2.31. The lowest BCUT2D eigenvalue weighted by molar-refractivity contribution is 0.170. The molecule has 0 spiro atoms. The summed E-state index contributed by atoms with van der Waals surface area (Å²) in [4.78, 5) is 5.14. The average molecular weight is 235 g/mol. The predicted octanol–water partition coefficient (Wildman–Crippen LogP) is 4.85. The van der Waals surface area contributed by atoms with Gasteiger partial charge in [0.15, 0.2) is 0 Å². The molecule has 0 aromatic carbocycles. The molecule has 3 unspecified atom stereocenters. The van der Waals surface area contributed by atoms with Crippen LogP contribution in [0, 0.1) is 17.3 Å². The first-order valence-corrected chi connectivity index (χ1v) is 7.53. The summed E-state index contributed by atoms with van der Waals surface area (Å²) < 4.78 is 0.